The van der Waals surface area contributed by atoms with Crippen molar-refractivity contribution in [1.82, 2.24) is 14.5 Å². The number of hydrogen-bond acceptors (Lipinski definition) is 3. The van der Waals surface area contributed by atoms with Crippen LogP contribution in [0.15, 0.2) is 30.7 Å². The first-order chi connectivity index (χ1) is 8.75. The van der Waals surface area contributed by atoms with Crippen molar-refractivity contribution in [3.63, 3.8) is 0 Å². The van der Waals surface area contributed by atoms with Crippen LogP contribution in [0.5, 0.6) is 0 Å². The van der Waals surface area contributed by atoms with Crippen LogP contribution in [0.3, 0.4) is 0 Å². The Kier molecular flexibility index (Phi) is 2.59. The van der Waals surface area contributed by atoms with Crippen molar-refractivity contribution in [3.05, 3.63) is 36.5 Å². The van der Waals surface area contributed by atoms with Crippen molar-refractivity contribution >= 4 is 5.97 Å². The molecule has 3 heterocycles. The van der Waals surface area contributed by atoms with E-state index in [9.17, 15) is 9.90 Å². The van der Waals surface area contributed by atoms with Crippen molar-refractivity contribution in [1.29, 1.82) is 0 Å². The fraction of sp³-hybridized carbons (Fsp3) is 0.308. The lowest BCUT2D eigenvalue weighted by Crippen LogP contribution is -2.24. The lowest BCUT2D eigenvalue weighted by atomic mass is 10.1. The van der Waals surface area contributed by atoms with Crippen LogP contribution in [-0.4, -0.2) is 25.6 Å². The minimum Gasteiger partial charge on any atom is -0.480 e. The van der Waals surface area contributed by atoms with Gasteiger partial charge in [-0.2, -0.15) is 0 Å². The van der Waals surface area contributed by atoms with E-state index in [4.69, 9.17) is 0 Å². The Bertz CT molecular complexity index is 577. The molecule has 0 amide bonds. The van der Waals surface area contributed by atoms with E-state index in [2.05, 4.69) is 9.97 Å². The van der Waals surface area contributed by atoms with E-state index in [-0.39, 0.29) is 0 Å². The third kappa shape index (κ3) is 1.77. The van der Waals surface area contributed by atoms with Gasteiger partial charge in [-0.1, -0.05) is 0 Å². The highest BCUT2D eigenvalue weighted by Gasteiger charge is 2.27. The van der Waals surface area contributed by atoms with Crippen molar-refractivity contribution in [3.8, 4) is 11.3 Å². The van der Waals surface area contributed by atoms with Gasteiger partial charge in [0, 0.05) is 30.6 Å². The van der Waals surface area contributed by atoms with Crippen LogP contribution in [0.1, 0.15) is 24.7 Å². The number of aliphatic carboxylic acids is 1. The van der Waals surface area contributed by atoms with Gasteiger partial charge in [0.05, 0.1) is 5.69 Å². The highest BCUT2D eigenvalue weighted by atomic mass is 16.4. The summed E-state index contributed by atoms with van der Waals surface area (Å²) in [5, 5.41) is 9.20. The molecule has 1 N–H and O–H groups in total. The Morgan fingerprint density at radius 3 is 3.11 bits per heavy atom. The second-order valence-corrected chi connectivity index (χ2v) is 4.44. The third-order valence-electron chi connectivity index (χ3n) is 3.27. The molecule has 18 heavy (non-hydrogen) atoms. The van der Waals surface area contributed by atoms with Gasteiger partial charge in [0.1, 0.15) is 11.9 Å². The molecule has 0 aliphatic carbocycles. The zero-order valence-corrected chi connectivity index (χ0v) is 9.78. The number of pyridine rings is 1. The van der Waals surface area contributed by atoms with Crippen LogP contribution in [0.4, 0.5) is 0 Å². The van der Waals surface area contributed by atoms with E-state index in [0.29, 0.717) is 6.42 Å². The summed E-state index contributed by atoms with van der Waals surface area (Å²) in [6.45, 7) is 0. The zero-order chi connectivity index (χ0) is 12.5. The summed E-state index contributed by atoms with van der Waals surface area (Å²) in [7, 11) is 0. The van der Waals surface area contributed by atoms with Gasteiger partial charge >= 0.3 is 5.97 Å². The third-order valence-corrected chi connectivity index (χ3v) is 3.27. The molecule has 5 nitrogen and oxygen atoms in total. The Morgan fingerprint density at radius 2 is 2.39 bits per heavy atom. The molecule has 0 aromatic carbocycles. The van der Waals surface area contributed by atoms with Crippen molar-refractivity contribution in [2.45, 2.75) is 25.3 Å². The van der Waals surface area contributed by atoms with Gasteiger partial charge in [-0.15, -0.1) is 0 Å². The molecule has 0 bridgehead atoms. The largest absolute Gasteiger partial charge is 0.480 e. The molecule has 0 radical (unpaired) electrons. The van der Waals surface area contributed by atoms with Gasteiger partial charge in [-0.25, -0.2) is 9.78 Å². The molecule has 2 aromatic rings. The van der Waals surface area contributed by atoms with E-state index in [0.717, 1.165) is 29.9 Å². The molecule has 1 atom stereocenters. The first-order valence-corrected chi connectivity index (χ1v) is 5.96. The molecule has 92 valence electrons. The monoisotopic (exact) mass is 243 g/mol. The molecule has 1 aliphatic heterocycles. The predicted octanol–water partition coefficient (Wildman–Crippen LogP) is 1.91. The quantitative estimate of drug-likeness (QED) is 0.874. The lowest BCUT2D eigenvalue weighted by molar-refractivity contribution is -0.141. The average Bonchev–Trinajstić information content (AvgIpc) is 2.83. The second kappa shape index (κ2) is 4.25. The average molecular weight is 243 g/mol. The number of carboxylic acids is 1. The van der Waals surface area contributed by atoms with E-state index >= 15 is 0 Å². The zero-order valence-electron chi connectivity index (χ0n) is 9.78. The number of rotatable bonds is 2. The number of aromatic nitrogens is 3. The highest BCUT2D eigenvalue weighted by Crippen LogP contribution is 2.28. The molecule has 1 unspecified atom stereocenters. The van der Waals surface area contributed by atoms with E-state index in [1.54, 1.807) is 17.0 Å². The van der Waals surface area contributed by atoms with Crippen LogP contribution in [-0.2, 0) is 11.2 Å². The maximum atomic E-state index is 11.2. The summed E-state index contributed by atoms with van der Waals surface area (Å²) in [5.74, 6) is 0.0681. The van der Waals surface area contributed by atoms with Crippen LogP contribution < -0.4 is 0 Å². The molecular weight excluding hydrogens is 230 g/mol. The number of nitrogens with zero attached hydrogens (tertiary/aromatic N) is 3. The normalized spacial score (nSPS) is 18.3. The van der Waals surface area contributed by atoms with Gasteiger partial charge < -0.3 is 9.67 Å². The summed E-state index contributed by atoms with van der Waals surface area (Å²) in [6, 6.07) is 3.30. The standard InChI is InChI=1S/C13H13N3O2/c17-13(18)11-4-1-5-12-15-10(8-16(11)12)9-3-2-6-14-7-9/h2-3,6-8,11H,1,4-5H2,(H,17,18). The molecule has 0 saturated carbocycles. The lowest BCUT2D eigenvalue weighted by Gasteiger charge is -2.20. The molecule has 1 aliphatic rings. The predicted molar refractivity (Wildman–Crippen MR) is 65.1 cm³/mol. The van der Waals surface area contributed by atoms with Crippen molar-refractivity contribution in [2.75, 3.05) is 0 Å². The Balaban J connectivity index is 2.04. The Hall–Kier alpha value is -2.17. The summed E-state index contributed by atoms with van der Waals surface area (Å²) in [6.07, 6.45) is 7.66. The molecule has 0 fully saturated rings. The Morgan fingerprint density at radius 1 is 1.50 bits per heavy atom. The van der Waals surface area contributed by atoms with Gasteiger partial charge in [0.25, 0.3) is 0 Å². The topological polar surface area (TPSA) is 68.0 Å². The molecule has 5 heteroatoms. The molecule has 0 saturated heterocycles. The molecule has 2 aromatic heterocycles. The fourth-order valence-corrected chi connectivity index (χ4v) is 2.38. The number of carbonyl (C=O) groups is 1. The first-order valence-electron chi connectivity index (χ1n) is 5.96. The number of hydrogen-bond donors (Lipinski definition) is 1. The number of fused-ring (bicyclic) bond motifs is 1. The van der Waals surface area contributed by atoms with E-state index < -0.39 is 12.0 Å². The van der Waals surface area contributed by atoms with Crippen LogP contribution in [0.2, 0.25) is 0 Å². The summed E-state index contributed by atoms with van der Waals surface area (Å²) in [4.78, 5) is 19.8. The minimum absolute atomic E-state index is 0.480. The van der Waals surface area contributed by atoms with Crippen LogP contribution >= 0.6 is 0 Å². The van der Waals surface area contributed by atoms with Crippen molar-refractivity contribution in [2.24, 2.45) is 0 Å². The SMILES string of the molecule is O=C(O)C1CCCc2nc(-c3cccnc3)cn21. The number of imidazole rings is 1. The van der Waals surface area contributed by atoms with E-state index in [1.807, 2.05) is 18.3 Å². The van der Waals surface area contributed by atoms with Gasteiger partial charge in [0.15, 0.2) is 0 Å². The summed E-state index contributed by atoms with van der Waals surface area (Å²) in [5.41, 5.74) is 1.72. The van der Waals surface area contributed by atoms with Crippen LogP contribution in [0.25, 0.3) is 11.3 Å². The fourth-order valence-electron chi connectivity index (χ4n) is 2.38. The van der Waals surface area contributed by atoms with Crippen LogP contribution in [0, 0.1) is 0 Å². The Labute approximate surface area is 104 Å². The number of aryl methyl sites for hydroxylation is 1. The van der Waals surface area contributed by atoms with Gasteiger partial charge in [-0.05, 0) is 25.0 Å². The van der Waals surface area contributed by atoms with Gasteiger partial charge in [-0.3, -0.25) is 4.98 Å². The van der Waals surface area contributed by atoms with E-state index in [1.165, 1.54) is 0 Å². The maximum Gasteiger partial charge on any atom is 0.326 e. The van der Waals surface area contributed by atoms with Crippen molar-refractivity contribution < 1.29 is 9.90 Å². The summed E-state index contributed by atoms with van der Waals surface area (Å²) < 4.78 is 1.79. The first kappa shape index (κ1) is 11.0. The minimum atomic E-state index is -0.786. The maximum absolute atomic E-state index is 11.2. The smallest absolute Gasteiger partial charge is 0.326 e. The molecular formula is C13H13N3O2. The molecule has 0 spiro atoms. The number of carboxylic acid groups (broad SMARTS) is 1. The summed E-state index contributed by atoms with van der Waals surface area (Å²) >= 11 is 0. The second-order valence-electron chi connectivity index (χ2n) is 4.44. The highest BCUT2D eigenvalue weighted by molar-refractivity contribution is 5.72. The van der Waals surface area contributed by atoms with Gasteiger partial charge in [0.2, 0.25) is 0 Å². The molecule has 3 rings (SSSR count).